The van der Waals surface area contributed by atoms with Gasteiger partial charge in [-0.3, -0.25) is 4.79 Å². The maximum Gasteiger partial charge on any atom is 0.224 e. The molecule has 0 aromatic heterocycles. The van der Waals surface area contributed by atoms with Crippen molar-refractivity contribution in [2.24, 2.45) is 5.41 Å². The van der Waals surface area contributed by atoms with E-state index in [1.54, 1.807) is 0 Å². The highest BCUT2D eigenvalue weighted by molar-refractivity contribution is 7.80. The van der Waals surface area contributed by atoms with Gasteiger partial charge in [0.2, 0.25) is 5.91 Å². The van der Waals surface area contributed by atoms with Crippen molar-refractivity contribution >= 4 is 18.5 Å². The third kappa shape index (κ3) is 4.57. The molecule has 1 aromatic carbocycles. The first kappa shape index (κ1) is 14.4. The number of nitrogens with one attached hydrogen (secondary N) is 1. The summed E-state index contributed by atoms with van der Waals surface area (Å²) in [5, 5.41) is 3.16. The molecular formula is C16H23NOS. The summed E-state index contributed by atoms with van der Waals surface area (Å²) in [6.45, 7) is 4.62. The van der Waals surface area contributed by atoms with Crippen LogP contribution in [0, 0.1) is 5.41 Å². The predicted octanol–water partition coefficient (Wildman–Crippen LogP) is 3.60. The van der Waals surface area contributed by atoms with Gasteiger partial charge in [0.05, 0.1) is 6.42 Å². The first-order valence-corrected chi connectivity index (χ1v) is 7.47. The Morgan fingerprint density at radius 2 is 1.84 bits per heavy atom. The smallest absolute Gasteiger partial charge is 0.224 e. The fourth-order valence-corrected chi connectivity index (χ4v) is 2.77. The van der Waals surface area contributed by atoms with E-state index >= 15 is 0 Å². The molecule has 104 valence electrons. The Labute approximate surface area is 121 Å². The average molecular weight is 277 g/mol. The van der Waals surface area contributed by atoms with Gasteiger partial charge < -0.3 is 5.32 Å². The maximum absolute atomic E-state index is 12.0. The van der Waals surface area contributed by atoms with E-state index in [1.807, 2.05) is 24.3 Å². The molecule has 0 spiro atoms. The Kier molecular flexibility index (Phi) is 4.56. The number of thiol groups is 1. The van der Waals surface area contributed by atoms with Gasteiger partial charge in [0.15, 0.2) is 0 Å². The summed E-state index contributed by atoms with van der Waals surface area (Å²) in [6.07, 6.45) is 5.08. The lowest BCUT2D eigenvalue weighted by Gasteiger charge is -2.34. The highest BCUT2D eigenvalue weighted by Crippen LogP contribution is 2.34. The lowest BCUT2D eigenvalue weighted by molar-refractivity contribution is -0.121. The number of rotatable bonds is 3. The van der Waals surface area contributed by atoms with Gasteiger partial charge in [-0.15, -0.1) is 12.6 Å². The van der Waals surface area contributed by atoms with Gasteiger partial charge >= 0.3 is 0 Å². The van der Waals surface area contributed by atoms with Crippen LogP contribution in [-0.2, 0) is 11.2 Å². The van der Waals surface area contributed by atoms with Crippen LogP contribution in [-0.4, -0.2) is 11.9 Å². The topological polar surface area (TPSA) is 29.1 Å². The first-order valence-electron chi connectivity index (χ1n) is 7.02. The molecule has 1 amide bonds. The van der Waals surface area contributed by atoms with Crippen LogP contribution >= 0.6 is 12.6 Å². The van der Waals surface area contributed by atoms with Crippen LogP contribution in [0.15, 0.2) is 29.2 Å². The van der Waals surface area contributed by atoms with Crippen LogP contribution in [0.25, 0.3) is 0 Å². The minimum Gasteiger partial charge on any atom is -0.353 e. The van der Waals surface area contributed by atoms with E-state index in [1.165, 1.54) is 12.8 Å². The van der Waals surface area contributed by atoms with Crippen molar-refractivity contribution in [2.75, 3.05) is 0 Å². The SMILES string of the molecule is CC1(C)CCC(NC(=O)Cc2ccc(S)cc2)CC1. The van der Waals surface area contributed by atoms with E-state index in [2.05, 4.69) is 31.8 Å². The van der Waals surface area contributed by atoms with E-state index in [-0.39, 0.29) is 5.91 Å². The Morgan fingerprint density at radius 3 is 2.42 bits per heavy atom. The Morgan fingerprint density at radius 1 is 1.26 bits per heavy atom. The van der Waals surface area contributed by atoms with Crippen LogP contribution < -0.4 is 5.32 Å². The van der Waals surface area contributed by atoms with Gasteiger partial charge in [-0.1, -0.05) is 26.0 Å². The summed E-state index contributed by atoms with van der Waals surface area (Å²) in [6, 6.07) is 8.14. The monoisotopic (exact) mass is 277 g/mol. The van der Waals surface area contributed by atoms with Crippen molar-refractivity contribution in [3.8, 4) is 0 Å². The van der Waals surface area contributed by atoms with Gasteiger partial charge in [-0.2, -0.15) is 0 Å². The molecule has 1 aliphatic rings. The highest BCUT2D eigenvalue weighted by atomic mass is 32.1. The zero-order valence-electron chi connectivity index (χ0n) is 11.8. The fraction of sp³-hybridized carbons (Fsp3) is 0.562. The van der Waals surface area contributed by atoms with E-state index in [4.69, 9.17) is 0 Å². The molecule has 0 saturated heterocycles. The van der Waals surface area contributed by atoms with E-state index < -0.39 is 0 Å². The minimum atomic E-state index is 0.136. The molecule has 2 rings (SSSR count). The van der Waals surface area contributed by atoms with Crippen LogP contribution in [0.1, 0.15) is 45.1 Å². The average Bonchev–Trinajstić information content (AvgIpc) is 2.35. The molecule has 0 radical (unpaired) electrons. The van der Waals surface area contributed by atoms with Gasteiger partial charge in [0.25, 0.3) is 0 Å². The zero-order valence-corrected chi connectivity index (χ0v) is 12.7. The third-order valence-corrected chi connectivity index (χ3v) is 4.30. The number of hydrogen-bond donors (Lipinski definition) is 2. The molecule has 0 heterocycles. The van der Waals surface area contributed by atoms with Crippen LogP contribution in [0.4, 0.5) is 0 Å². The minimum absolute atomic E-state index is 0.136. The summed E-state index contributed by atoms with van der Waals surface area (Å²) >= 11 is 4.24. The summed E-state index contributed by atoms with van der Waals surface area (Å²) in [7, 11) is 0. The number of hydrogen-bond acceptors (Lipinski definition) is 2. The normalized spacial score (nSPS) is 19.1. The molecule has 1 fully saturated rings. The van der Waals surface area contributed by atoms with Crippen molar-refractivity contribution in [1.29, 1.82) is 0 Å². The molecule has 0 unspecified atom stereocenters. The molecule has 0 bridgehead atoms. The van der Waals surface area contributed by atoms with Crippen molar-refractivity contribution in [3.05, 3.63) is 29.8 Å². The molecular weight excluding hydrogens is 254 g/mol. The molecule has 0 aliphatic heterocycles. The fourth-order valence-electron chi connectivity index (χ4n) is 2.62. The maximum atomic E-state index is 12.0. The number of carbonyl (C=O) groups excluding carboxylic acids is 1. The third-order valence-electron chi connectivity index (χ3n) is 4.01. The Hall–Kier alpha value is -0.960. The van der Waals surface area contributed by atoms with Crippen LogP contribution in [0.2, 0.25) is 0 Å². The lowest BCUT2D eigenvalue weighted by Crippen LogP contribution is -2.39. The molecule has 1 aliphatic carbocycles. The molecule has 1 N–H and O–H groups in total. The number of benzene rings is 1. The Balaban J connectivity index is 1.80. The van der Waals surface area contributed by atoms with Gasteiger partial charge in [0, 0.05) is 10.9 Å². The van der Waals surface area contributed by atoms with Crippen LogP contribution in [0.3, 0.4) is 0 Å². The van der Waals surface area contributed by atoms with Gasteiger partial charge in [-0.05, 0) is 48.8 Å². The highest BCUT2D eigenvalue weighted by Gasteiger charge is 2.27. The largest absolute Gasteiger partial charge is 0.353 e. The van der Waals surface area contributed by atoms with E-state index in [0.717, 1.165) is 23.3 Å². The zero-order chi connectivity index (χ0) is 13.9. The molecule has 3 heteroatoms. The van der Waals surface area contributed by atoms with Gasteiger partial charge in [-0.25, -0.2) is 0 Å². The standard InChI is InChI=1S/C16H23NOS/c1-16(2)9-7-13(8-10-16)17-15(18)11-12-3-5-14(19)6-4-12/h3-6,13,19H,7-11H2,1-2H3,(H,17,18). The summed E-state index contributed by atoms with van der Waals surface area (Å²) in [5.41, 5.74) is 1.50. The predicted molar refractivity (Wildman–Crippen MR) is 81.6 cm³/mol. The van der Waals surface area contributed by atoms with Crippen molar-refractivity contribution in [1.82, 2.24) is 5.32 Å². The van der Waals surface area contributed by atoms with Crippen LogP contribution in [0.5, 0.6) is 0 Å². The number of amides is 1. The molecule has 1 aromatic rings. The summed E-state index contributed by atoms with van der Waals surface area (Å²) in [5.74, 6) is 0.136. The van der Waals surface area contributed by atoms with E-state index in [9.17, 15) is 4.79 Å². The molecule has 0 atom stereocenters. The summed E-state index contributed by atoms with van der Waals surface area (Å²) in [4.78, 5) is 12.9. The molecule has 1 saturated carbocycles. The second kappa shape index (κ2) is 6.00. The molecule has 2 nitrogen and oxygen atoms in total. The lowest BCUT2D eigenvalue weighted by atomic mass is 9.75. The first-order chi connectivity index (χ1) is 8.94. The van der Waals surface area contributed by atoms with Crippen molar-refractivity contribution in [2.45, 2.75) is 56.9 Å². The second-order valence-electron chi connectivity index (χ2n) is 6.35. The van der Waals surface area contributed by atoms with Crippen molar-refractivity contribution in [3.63, 3.8) is 0 Å². The summed E-state index contributed by atoms with van der Waals surface area (Å²) < 4.78 is 0. The quantitative estimate of drug-likeness (QED) is 0.812. The second-order valence-corrected chi connectivity index (χ2v) is 6.87. The van der Waals surface area contributed by atoms with Gasteiger partial charge in [0.1, 0.15) is 0 Å². The Bertz CT molecular complexity index is 429. The van der Waals surface area contributed by atoms with E-state index in [0.29, 0.717) is 17.9 Å². The van der Waals surface area contributed by atoms with Crippen molar-refractivity contribution < 1.29 is 4.79 Å². The number of carbonyl (C=O) groups is 1. The molecule has 19 heavy (non-hydrogen) atoms.